The van der Waals surface area contributed by atoms with Crippen LogP contribution >= 0.6 is 15.9 Å². The van der Waals surface area contributed by atoms with E-state index in [9.17, 15) is 9.90 Å². The average molecular weight is 332 g/mol. The number of phenols is 1. The molecule has 0 saturated carbocycles. The Hall–Kier alpha value is -1.81. The van der Waals surface area contributed by atoms with Crippen molar-refractivity contribution >= 4 is 27.5 Å². The number of nitrogens with zero attached hydrogens (tertiary/aromatic N) is 1. The highest BCUT2D eigenvalue weighted by atomic mass is 79.9. The second-order valence-corrected chi connectivity index (χ2v) is 5.88. The lowest BCUT2D eigenvalue weighted by molar-refractivity contribution is 0.0981. The van der Waals surface area contributed by atoms with Crippen molar-refractivity contribution in [1.29, 1.82) is 0 Å². The summed E-state index contributed by atoms with van der Waals surface area (Å²) in [5, 5.41) is 9.74. The SMILES string of the molecule is CC1Cc2ccccc2N1C(=O)c1ccc(Br)c(O)c1. The molecule has 3 nitrogen and oxygen atoms in total. The average Bonchev–Trinajstić information content (AvgIpc) is 2.77. The first-order chi connectivity index (χ1) is 9.58. The Bertz CT molecular complexity index is 684. The van der Waals surface area contributed by atoms with E-state index in [2.05, 4.69) is 22.0 Å². The molecular weight excluding hydrogens is 318 g/mol. The van der Waals surface area contributed by atoms with Gasteiger partial charge >= 0.3 is 0 Å². The van der Waals surface area contributed by atoms with Gasteiger partial charge in [0, 0.05) is 17.3 Å². The maximum Gasteiger partial charge on any atom is 0.258 e. The summed E-state index contributed by atoms with van der Waals surface area (Å²) in [7, 11) is 0. The Labute approximate surface area is 126 Å². The van der Waals surface area contributed by atoms with Gasteiger partial charge in [-0.05, 0) is 59.1 Å². The highest BCUT2D eigenvalue weighted by Crippen LogP contribution is 2.34. The number of hydrogen-bond donors (Lipinski definition) is 1. The highest BCUT2D eigenvalue weighted by molar-refractivity contribution is 9.10. The molecule has 1 unspecified atom stereocenters. The summed E-state index contributed by atoms with van der Waals surface area (Å²) in [4.78, 5) is 14.5. The zero-order valence-corrected chi connectivity index (χ0v) is 12.6. The summed E-state index contributed by atoms with van der Waals surface area (Å²) in [6.07, 6.45) is 0.865. The molecule has 2 aromatic rings. The second kappa shape index (κ2) is 4.94. The van der Waals surface area contributed by atoms with Crippen LogP contribution in [0, 0.1) is 0 Å². The quantitative estimate of drug-likeness (QED) is 0.864. The molecule has 2 aromatic carbocycles. The summed E-state index contributed by atoms with van der Waals surface area (Å²) < 4.78 is 0.587. The van der Waals surface area contributed by atoms with Crippen LogP contribution in [0.5, 0.6) is 5.75 Å². The van der Waals surface area contributed by atoms with Gasteiger partial charge in [0.2, 0.25) is 0 Å². The molecule has 1 aliphatic heterocycles. The van der Waals surface area contributed by atoms with Crippen LogP contribution < -0.4 is 4.90 Å². The molecule has 0 radical (unpaired) electrons. The van der Waals surface area contributed by atoms with Crippen molar-refractivity contribution in [3.63, 3.8) is 0 Å². The van der Waals surface area contributed by atoms with Crippen molar-refractivity contribution in [2.75, 3.05) is 4.90 Å². The van der Waals surface area contributed by atoms with Crippen molar-refractivity contribution in [2.24, 2.45) is 0 Å². The number of fused-ring (bicyclic) bond motifs is 1. The molecule has 1 N–H and O–H groups in total. The fourth-order valence-electron chi connectivity index (χ4n) is 2.66. The number of amides is 1. The first kappa shape index (κ1) is 13.2. The van der Waals surface area contributed by atoms with E-state index in [4.69, 9.17) is 0 Å². The van der Waals surface area contributed by atoms with Gasteiger partial charge in [-0.2, -0.15) is 0 Å². The fourth-order valence-corrected chi connectivity index (χ4v) is 2.91. The number of anilines is 1. The van der Waals surface area contributed by atoms with Gasteiger partial charge in [-0.15, -0.1) is 0 Å². The Morgan fingerprint density at radius 1 is 1.30 bits per heavy atom. The third-order valence-corrected chi connectivity index (χ3v) is 4.29. The molecule has 1 amide bonds. The number of halogens is 1. The summed E-state index contributed by atoms with van der Waals surface area (Å²) in [5.41, 5.74) is 2.65. The number of carbonyl (C=O) groups is 1. The topological polar surface area (TPSA) is 40.5 Å². The minimum Gasteiger partial charge on any atom is -0.507 e. The second-order valence-electron chi connectivity index (χ2n) is 5.02. The monoisotopic (exact) mass is 331 g/mol. The zero-order chi connectivity index (χ0) is 14.3. The highest BCUT2D eigenvalue weighted by Gasteiger charge is 2.31. The lowest BCUT2D eigenvalue weighted by Crippen LogP contribution is -2.35. The van der Waals surface area contributed by atoms with E-state index in [1.165, 1.54) is 11.6 Å². The Morgan fingerprint density at radius 2 is 2.05 bits per heavy atom. The third kappa shape index (κ3) is 2.10. The molecule has 0 aromatic heterocycles. The van der Waals surface area contributed by atoms with E-state index in [1.807, 2.05) is 25.1 Å². The van der Waals surface area contributed by atoms with E-state index in [1.54, 1.807) is 17.0 Å². The number of benzene rings is 2. The van der Waals surface area contributed by atoms with Crippen molar-refractivity contribution in [3.05, 3.63) is 58.1 Å². The first-order valence-corrected chi connectivity index (χ1v) is 7.27. The molecule has 0 fully saturated rings. The predicted molar refractivity (Wildman–Crippen MR) is 82.2 cm³/mol. The van der Waals surface area contributed by atoms with Gasteiger partial charge in [0.1, 0.15) is 5.75 Å². The molecule has 0 saturated heterocycles. The van der Waals surface area contributed by atoms with Crippen LogP contribution in [0.15, 0.2) is 46.9 Å². The van der Waals surface area contributed by atoms with Crippen LogP contribution in [-0.2, 0) is 6.42 Å². The molecule has 0 aliphatic carbocycles. The van der Waals surface area contributed by atoms with Crippen LogP contribution in [-0.4, -0.2) is 17.1 Å². The Kier molecular flexibility index (Phi) is 3.26. The standard InChI is InChI=1S/C16H14BrNO2/c1-10-8-11-4-2-3-5-14(11)18(10)16(20)12-6-7-13(17)15(19)9-12/h2-7,9-10,19H,8H2,1H3. The van der Waals surface area contributed by atoms with Gasteiger partial charge in [0.25, 0.3) is 5.91 Å². The number of phenolic OH excluding ortho intramolecular Hbond substituents is 1. The molecule has 0 bridgehead atoms. The Balaban J connectivity index is 2.00. The van der Waals surface area contributed by atoms with Crippen molar-refractivity contribution in [3.8, 4) is 5.75 Å². The molecule has 3 rings (SSSR count). The van der Waals surface area contributed by atoms with Gasteiger partial charge in [0.05, 0.1) is 4.47 Å². The van der Waals surface area contributed by atoms with Crippen molar-refractivity contribution in [2.45, 2.75) is 19.4 Å². The summed E-state index contributed by atoms with van der Waals surface area (Å²) in [5.74, 6) is 0.00114. The molecule has 1 aliphatic rings. The maximum atomic E-state index is 12.7. The maximum absolute atomic E-state index is 12.7. The molecule has 1 heterocycles. The van der Waals surface area contributed by atoms with Gasteiger partial charge in [0.15, 0.2) is 0 Å². The smallest absolute Gasteiger partial charge is 0.258 e. The summed E-state index contributed by atoms with van der Waals surface area (Å²) in [6.45, 7) is 2.04. The van der Waals surface area contributed by atoms with Gasteiger partial charge in [-0.1, -0.05) is 18.2 Å². The number of rotatable bonds is 1. The van der Waals surface area contributed by atoms with E-state index in [-0.39, 0.29) is 17.7 Å². The van der Waals surface area contributed by atoms with E-state index in [0.29, 0.717) is 10.0 Å². The van der Waals surface area contributed by atoms with Gasteiger partial charge < -0.3 is 10.0 Å². The lowest BCUT2D eigenvalue weighted by atomic mass is 10.1. The van der Waals surface area contributed by atoms with Gasteiger partial charge in [-0.3, -0.25) is 4.79 Å². The third-order valence-electron chi connectivity index (χ3n) is 3.62. The normalized spacial score (nSPS) is 17.1. The van der Waals surface area contributed by atoms with Crippen LogP contribution in [0.3, 0.4) is 0 Å². The van der Waals surface area contributed by atoms with E-state index in [0.717, 1.165) is 12.1 Å². The molecule has 20 heavy (non-hydrogen) atoms. The van der Waals surface area contributed by atoms with E-state index >= 15 is 0 Å². The lowest BCUT2D eigenvalue weighted by Gasteiger charge is -2.23. The van der Waals surface area contributed by atoms with Crippen LogP contribution in [0.2, 0.25) is 0 Å². The minimum atomic E-state index is -0.0785. The largest absolute Gasteiger partial charge is 0.507 e. The van der Waals surface area contributed by atoms with E-state index < -0.39 is 0 Å². The Morgan fingerprint density at radius 3 is 2.80 bits per heavy atom. The molecular formula is C16H14BrNO2. The molecule has 102 valence electrons. The molecule has 0 spiro atoms. The number of para-hydroxylation sites is 1. The van der Waals surface area contributed by atoms with Crippen LogP contribution in [0.4, 0.5) is 5.69 Å². The predicted octanol–water partition coefficient (Wildman–Crippen LogP) is 3.75. The first-order valence-electron chi connectivity index (χ1n) is 6.48. The summed E-state index contributed by atoms with van der Waals surface area (Å²) >= 11 is 3.22. The summed E-state index contributed by atoms with van der Waals surface area (Å²) in [6, 6.07) is 13.0. The van der Waals surface area contributed by atoms with Gasteiger partial charge in [-0.25, -0.2) is 0 Å². The molecule has 1 atom stereocenters. The van der Waals surface area contributed by atoms with Crippen LogP contribution in [0.1, 0.15) is 22.8 Å². The zero-order valence-electron chi connectivity index (χ0n) is 11.0. The molecule has 4 heteroatoms. The number of aromatic hydroxyl groups is 1. The van der Waals surface area contributed by atoms with Crippen molar-refractivity contribution < 1.29 is 9.90 Å². The van der Waals surface area contributed by atoms with Crippen LogP contribution in [0.25, 0.3) is 0 Å². The van der Waals surface area contributed by atoms with Crippen molar-refractivity contribution in [1.82, 2.24) is 0 Å². The number of hydrogen-bond acceptors (Lipinski definition) is 2. The number of carbonyl (C=O) groups excluding carboxylic acids is 1. The minimum absolute atomic E-state index is 0.0785. The fraction of sp³-hybridized carbons (Fsp3) is 0.188.